The fourth-order valence-corrected chi connectivity index (χ4v) is 2.14. The van der Waals surface area contributed by atoms with Crippen LogP contribution in [0.15, 0.2) is 42.7 Å². The van der Waals surface area contributed by atoms with Crippen molar-refractivity contribution >= 4 is 11.6 Å². The van der Waals surface area contributed by atoms with Gasteiger partial charge in [-0.25, -0.2) is 14.3 Å². The molecule has 0 aliphatic heterocycles. The predicted octanol–water partition coefficient (Wildman–Crippen LogP) is 2.40. The molecule has 0 unspecified atom stereocenters. The van der Waals surface area contributed by atoms with Crippen molar-refractivity contribution in [1.29, 1.82) is 0 Å². The van der Waals surface area contributed by atoms with E-state index < -0.39 is 5.97 Å². The summed E-state index contributed by atoms with van der Waals surface area (Å²) in [6, 6.07) is 8.61. The Morgan fingerprint density at radius 2 is 2.16 bits per heavy atom. The number of rotatable bonds is 2. The first-order valence-corrected chi connectivity index (χ1v) is 5.80. The molecule has 0 saturated heterocycles. The lowest BCUT2D eigenvalue weighted by Gasteiger charge is -2.02. The number of aromatic nitrogens is 3. The molecule has 0 saturated carbocycles. The summed E-state index contributed by atoms with van der Waals surface area (Å²) < 4.78 is 1.69. The molecule has 0 spiro atoms. The highest BCUT2D eigenvalue weighted by atomic mass is 16.4. The normalized spacial score (nSPS) is 10.8. The molecule has 0 atom stereocenters. The molecule has 0 radical (unpaired) electrons. The average Bonchev–Trinajstić information content (AvgIpc) is 2.74. The lowest BCUT2D eigenvalue weighted by Crippen LogP contribution is -1.96. The van der Waals surface area contributed by atoms with Crippen LogP contribution >= 0.6 is 0 Å². The number of hydrogen-bond acceptors (Lipinski definition) is 3. The topological polar surface area (TPSA) is 67.5 Å². The van der Waals surface area contributed by atoms with Crippen LogP contribution in [0.2, 0.25) is 0 Å². The Morgan fingerprint density at radius 1 is 1.32 bits per heavy atom. The van der Waals surface area contributed by atoms with Crippen LogP contribution in [0.4, 0.5) is 0 Å². The van der Waals surface area contributed by atoms with Crippen molar-refractivity contribution in [1.82, 2.24) is 14.6 Å². The van der Waals surface area contributed by atoms with Crippen molar-refractivity contribution in [3.8, 4) is 11.1 Å². The van der Waals surface area contributed by atoms with Crippen molar-refractivity contribution in [3.05, 3.63) is 54.0 Å². The van der Waals surface area contributed by atoms with Crippen LogP contribution in [-0.2, 0) is 0 Å². The number of benzene rings is 1. The van der Waals surface area contributed by atoms with Gasteiger partial charge in [0.05, 0.1) is 11.3 Å². The Hall–Kier alpha value is -2.69. The summed E-state index contributed by atoms with van der Waals surface area (Å²) >= 11 is 0. The Balaban J connectivity index is 2.27. The third-order valence-electron chi connectivity index (χ3n) is 2.97. The van der Waals surface area contributed by atoms with E-state index in [4.69, 9.17) is 5.11 Å². The second-order valence-electron chi connectivity index (χ2n) is 4.23. The molecule has 3 aromatic rings. The summed E-state index contributed by atoms with van der Waals surface area (Å²) in [7, 11) is 0. The van der Waals surface area contributed by atoms with Crippen molar-refractivity contribution in [2.24, 2.45) is 0 Å². The largest absolute Gasteiger partial charge is 0.478 e. The quantitative estimate of drug-likeness (QED) is 0.761. The van der Waals surface area contributed by atoms with Crippen molar-refractivity contribution in [2.75, 3.05) is 0 Å². The first-order chi connectivity index (χ1) is 9.16. The highest BCUT2D eigenvalue weighted by Gasteiger charge is 2.13. The lowest BCUT2D eigenvalue weighted by molar-refractivity contribution is 0.0697. The number of aryl methyl sites for hydroxylation is 1. The van der Waals surface area contributed by atoms with Crippen LogP contribution < -0.4 is 0 Å². The molecule has 1 aromatic carbocycles. The van der Waals surface area contributed by atoms with Crippen LogP contribution in [-0.4, -0.2) is 25.7 Å². The summed E-state index contributed by atoms with van der Waals surface area (Å²) in [4.78, 5) is 15.3. The zero-order valence-electron chi connectivity index (χ0n) is 10.2. The van der Waals surface area contributed by atoms with Crippen molar-refractivity contribution in [2.45, 2.75) is 6.92 Å². The van der Waals surface area contributed by atoms with Gasteiger partial charge in [0, 0.05) is 18.0 Å². The summed E-state index contributed by atoms with van der Waals surface area (Å²) in [5.41, 5.74) is 3.48. The standard InChI is InChI=1S/C14H11N3O2/c1-9-12(13-15-6-3-7-17(13)16-9)10-4-2-5-11(8-10)14(18)19/h2-8H,1H3,(H,18,19). The maximum absolute atomic E-state index is 11.0. The van der Waals surface area contributed by atoms with Crippen LogP contribution in [0, 0.1) is 6.92 Å². The number of nitrogens with zero attached hydrogens (tertiary/aromatic N) is 3. The van der Waals surface area contributed by atoms with Gasteiger partial charge >= 0.3 is 5.97 Å². The lowest BCUT2D eigenvalue weighted by atomic mass is 10.0. The van der Waals surface area contributed by atoms with E-state index in [1.807, 2.05) is 19.2 Å². The molecule has 1 N–H and O–H groups in total. The molecule has 2 heterocycles. The minimum atomic E-state index is -0.941. The van der Waals surface area contributed by atoms with E-state index in [0.717, 1.165) is 22.5 Å². The van der Waals surface area contributed by atoms with Crippen LogP contribution in [0.1, 0.15) is 16.1 Å². The highest BCUT2D eigenvalue weighted by Crippen LogP contribution is 2.27. The molecule has 0 bridgehead atoms. The third-order valence-corrected chi connectivity index (χ3v) is 2.97. The summed E-state index contributed by atoms with van der Waals surface area (Å²) in [5.74, 6) is -0.941. The first kappa shape index (κ1) is 11.4. The fraction of sp³-hybridized carbons (Fsp3) is 0.0714. The van der Waals surface area contributed by atoms with E-state index >= 15 is 0 Å². The van der Waals surface area contributed by atoms with Crippen molar-refractivity contribution in [3.63, 3.8) is 0 Å². The van der Waals surface area contributed by atoms with Gasteiger partial charge in [-0.15, -0.1) is 0 Å². The van der Waals surface area contributed by atoms with E-state index in [1.165, 1.54) is 0 Å². The number of fused-ring (bicyclic) bond motifs is 1. The van der Waals surface area contributed by atoms with Gasteiger partial charge in [-0.1, -0.05) is 12.1 Å². The average molecular weight is 253 g/mol. The Labute approximate surface area is 109 Å². The minimum Gasteiger partial charge on any atom is -0.478 e. The molecular weight excluding hydrogens is 242 g/mol. The first-order valence-electron chi connectivity index (χ1n) is 5.80. The summed E-state index contributed by atoms with van der Waals surface area (Å²) in [6.45, 7) is 1.89. The summed E-state index contributed by atoms with van der Waals surface area (Å²) in [5, 5.41) is 13.4. The molecule has 0 aliphatic rings. The van der Waals surface area contributed by atoms with E-state index in [2.05, 4.69) is 10.1 Å². The number of aromatic carboxylic acids is 1. The van der Waals surface area contributed by atoms with E-state index in [0.29, 0.717) is 0 Å². The summed E-state index contributed by atoms with van der Waals surface area (Å²) in [6.07, 6.45) is 3.51. The molecule has 3 rings (SSSR count). The number of hydrogen-bond donors (Lipinski definition) is 1. The van der Waals surface area contributed by atoms with Gasteiger partial charge in [0.25, 0.3) is 0 Å². The predicted molar refractivity (Wildman–Crippen MR) is 70.1 cm³/mol. The van der Waals surface area contributed by atoms with Crippen molar-refractivity contribution < 1.29 is 9.90 Å². The third kappa shape index (κ3) is 1.85. The second kappa shape index (κ2) is 4.20. The minimum absolute atomic E-state index is 0.257. The van der Waals surface area contributed by atoms with E-state index in [9.17, 15) is 4.79 Å². The Kier molecular flexibility index (Phi) is 2.52. The van der Waals surface area contributed by atoms with Gasteiger partial charge in [0.1, 0.15) is 0 Å². The van der Waals surface area contributed by atoms with Gasteiger partial charge < -0.3 is 5.11 Å². The second-order valence-corrected chi connectivity index (χ2v) is 4.23. The number of carboxylic acid groups (broad SMARTS) is 1. The molecule has 5 nitrogen and oxygen atoms in total. The van der Waals surface area contributed by atoms with Gasteiger partial charge in [-0.2, -0.15) is 5.10 Å². The molecule has 0 aliphatic carbocycles. The fourth-order valence-electron chi connectivity index (χ4n) is 2.14. The van der Waals surface area contributed by atoms with E-state index in [1.54, 1.807) is 35.0 Å². The van der Waals surface area contributed by atoms with Gasteiger partial charge in [0.2, 0.25) is 0 Å². The van der Waals surface area contributed by atoms with Crippen LogP contribution in [0.25, 0.3) is 16.8 Å². The zero-order chi connectivity index (χ0) is 13.4. The molecule has 0 amide bonds. The number of carboxylic acids is 1. The van der Waals surface area contributed by atoms with E-state index in [-0.39, 0.29) is 5.56 Å². The van der Waals surface area contributed by atoms with Gasteiger partial charge in [-0.3, -0.25) is 0 Å². The Morgan fingerprint density at radius 3 is 2.95 bits per heavy atom. The Bertz CT molecular complexity index is 777. The SMILES string of the molecule is Cc1nn2cccnc2c1-c1cccc(C(=O)O)c1. The zero-order valence-corrected chi connectivity index (χ0v) is 10.2. The van der Waals surface area contributed by atoms with Crippen LogP contribution in [0.5, 0.6) is 0 Å². The molecule has 19 heavy (non-hydrogen) atoms. The molecule has 94 valence electrons. The number of carbonyl (C=O) groups is 1. The van der Waals surface area contributed by atoms with Gasteiger partial charge in [0.15, 0.2) is 5.65 Å². The highest BCUT2D eigenvalue weighted by molar-refractivity contribution is 5.91. The maximum Gasteiger partial charge on any atom is 0.335 e. The molecule has 0 fully saturated rings. The maximum atomic E-state index is 11.0. The molecular formula is C14H11N3O2. The monoisotopic (exact) mass is 253 g/mol. The van der Waals surface area contributed by atoms with Gasteiger partial charge in [-0.05, 0) is 30.7 Å². The smallest absolute Gasteiger partial charge is 0.335 e. The molecule has 5 heteroatoms. The molecule has 2 aromatic heterocycles. The van der Waals surface area contributed by atoms with Crippen LogP contribution in [0.3, 0.4) is 0 Å².